The molecule has 1 unspecified atom stereocenters. The highest BCUT2D eigenvalue weighted by atomic mass is 32.2. The van der Waals surface area contributed by atoms with Crippen LogP contribution in [0.5, 0.6) is 11.5 Å². The van der Waals surface area contributed by atoms with Crippen molar-refractivity contribution in [3.05, 3.63) is 64.3 Å². The second kappa shape index (κ2) is 7.95. The average molecular weight is 426 g/mol. The van der Waals surface area contributed by atoms with Gasteiger partial charge in [0.1, 0.15) is 17.3 Å². The topological polar surface area (TPSA) is 82.4 Å². The molecular weight excluding hydrogens is 402 g/mol. The van der Waals surface area contributed by atoms with Gasteiger partial charge in [0.2, 0.25) is 0 Å². The summed E-state index contributed by atoms with van der Waals surface area (Å²) >= 11 is 0. The largest absolute Gasteiger partial charge is 0.497 e. The highest BCUT2D eigenvalue weighted by Crippen LogP contribution is 2.33. The molecule has 0 saturated heterocycles. The van der Waals surface area contributed by atoms with Crippen molar-refractivity contribution >= 4 is 22.5 Å². The van der Waals surface area contributed by atoms with Gasteiger partial charge in [0, 0.05) is 28.0 Å². The highest BCUT2D eigenvalue weighted by Gasteiger charge is 2.29. The number of aromatic nitrogens is 2. The first kappa shape index (κ1) is 20.2. The number of nitrogens with zero attached hydrogens (tertiary/aromatic N) is 2. The number of anilines is 1. The molecule has 2 heterocycles. The number of hydrogen-bond donors (Lipinski definition) is 1. The number of rotatable bonds is 5. The van der Waals surface area contributed by atoms with Crippen molar-refractivity contribution in [3.8, 4) is 17.2 Å². The molecule has 0 aliphatic carbocycles. The Balaban J connectivity index is 1.78. The number of amides is 1. The van der Waals surface area contributed by atoms with E-state index in [4.69, 9.17) is 9.47 Å². The lowest BCUT2D eigenvalue weighted by atomic mass is 10.1. The predicted molar refractivity (Wildman–Crippen MR) is 116 cm³/mol. The summed E-state index contributed by atoms with van der Waals surface area (Å²) in [6.45, 7) is 4.06. The van der Waals surface area contributed by atoms with Crippen molar-refractivity contribution in [2.75, 3.05) is 19.5 Å². The first-order valence-electron chi connectivity index (χ1n) is 9.48. The number of fused-ring (bicyclic) bond motifs is 1. The molecule has 1 aliphatic rings. The molecule has 1 N–H and O–H groups in total. The number of methoxy groups -OCH3 is 2. The lowest BCUT2D eigenvalue weighted by Gasteiger charge is -2.15. The predicted octanol–water partition coefficient (Wildman–Crippen LogP) is 3.52. The molecule has 0 radical (unpaired) electrons. The summed E-state index contributed by atoms with van der Waals surface area (Å²) in [5, 5.41) is 7.68. The molecular formula is C22H23N3O4S. The van der Waals surface area contributed by atoms with E-state index in [-0.39, 0.29) is 5.91 Å². The minimum Gasteiger partial charge on any atom is -0.497 e. The fraction of sp³-hybridized carbons (Fsp3) is 0.273. The number of aryl methyl sites for hydroxylation is 1. The third kappa shape index (κ3) is 3.59. The van der Waals surface area contributed by atoms with Crippen LogP contribution in [0.15, 0.2) is 36.4 Å². The lowest BCUT2D eigenvalue weighted by molar-refractivity contribution is 0.102. The maximum absolute atomic E-state index is 13.1. The van der Waals surface area contributed by atoms with Crippen molar-refractivity contribution in [3.63, 3.8) is 0 Å². The zero-order valence-corrected chi connectivity index (χ0v) is 18.1. The van der Waals surface area contributed by atoms with Crippen LogP contribution in [0.4, 0.5) is 5.82 Å². The van der Waals surface area contributed by atoms with Gasteiger partial charge in [-0.05, 0) is 43.2 Å². The Morgan fingerprint density at radius 3 is 2.47 bits per heavy atom. The molecule has 1 atom stereocenters. The molecule has 30 heavy (non-hydrogen) atoms. The first-order chi connectivity index (χ1) is 14.4. The summed E-state index contributed by atoms with van der Waals surface area (Å²) in [5.74, 6) is 2.04. The van der Waals surface area contributed by atoms with Crippen molar-refractivity contribution < 1.29 is 18.5 Å². The van der Waals surface area contributed by atoms with Crippen LogP contribution < -0.4 is 14.8 Å². The Kier molecular flexibility index (Phi) is 5.34. The Morgan fingerprint density at radius 2 is 1.80 bits per heavy atom. The number of carbonyl (C=O) groups is 1. The van der Waals surface area contributed by atoms with Gasteiger partial charge in [0.05, 0.1) is 37.1 Å². The minimum atomic E-state index is -1.01. The van der Waals surface area contributed by atoms with Gasteiger partial charge in [-0.3, -0.25) is 9.00 Å². The van der Waals surface area contributed by atoms with E-state index in [2.05, 4.69) is 10.4 Å². The molecule has 2 aromatic carbocycles. The Morgan fingerprint density at radius 1 is 1.10 bits per heavy atom. The second-order valence-electron chi connectivity index (χ2n) is 7.19. The quantitative estimate of drug-likeness (QED) is 0.676. The maximum atomic E-state index is 13.1. The molecule has 7 nitrogen and oxygen atoms in total. The van der Waals surface area contributed by atoms with Crippen LogP contribution in [0.2, 0.25) is 0 Å². The summed E-state index contributed by atoms with van der Waals surface area (Å²) in [6.07, 6.45) is 0. The van der Waals surface area contributed by atoms with Crippen LogP contribution in [0.3, 0.4) is 0 Å². The van der Waals surface area contributed by atoms with E-state index >= 15 is 0 Å². The number of hydrogen-bond acceptors (Lipinski definition) is 5. The van der Waals surface area contributed by atoms with E-state index in [0.717, 1.165) is 28.1 Å². The van der Waals surface area contributed by atoms with E-state index < -0.39 is 10.8 Å². The normalized spacial score (nSPS) is 15.0. The van der Waals surface area contributed by atoms with Crippen LogP contribution in [0.1, 0.15) is 32.7 Å². The standard InChI is InChI=1S/C22H23N3O4S/c1-13-6-5-7-20(14(13)2)25-21(18-11-30(27)12-19(18)24-25)23-22(26)15-8-16(28-3)10-17(9-15)29-4/h5-10H,11-12H2,1-4H3,(H,23,26). The average Bonchev–Trinajstić information content (AvgIpc) is 3.26. The molecule has 0 saturated carbocycles. The van der Waals surface area contributed by atoms with Gasteiger partial charge >= 0.3 is 0 Å². The smallest absolute Gasteiger partial charge is 0.257 e. The van der Waals surface area contributed by atoms with Gasteiger partial charge < -0.3 is 14.8 Å². The Hall–Kier alpha value is -3.13. The molecule has 1 aromatic heterocycles. The minimum absolute atomic E-state index is 0.320. The van der Waals surface area contributed by atoms with E-state index in [1.165, 1.54) is 14.2 Å². The van der Waals surface area contributed by atoms with Gasteiger partial charge in [-0.2, -0.15) is 5.10 Å². The van der Waals surface area contributed by atoms with Crippen molar-refractivity contribution in [1.82, 2.24) is 9.78 Å². The number of benzene rings is 2. The van der Waals surface area contributed by atoms with E-state index in [0.29, 0.717) is 34.4 Å². The van der Waals surface area contributed by atoms with Crippen molar-refractivity contribution in [2.45, 2.75) is 25.4 Å². The van der Waals surface area contributed by atoms with Gasteiger partial charge in [-0.15, -0.1) is 0 Å². The summed E-state index contributed by atoms with van der Waals surface area (Å²) in [5.41, 5.74) is 5.05. The van der Waals surface area contributed by atoms with Crippen LogP contribution in [-0.2, 0) is 22.3 Å². The first-order valence-corrected chi connectivity index (χ1v) is 11.0. The third-order valence-corrected chi connectivity index (χ3v) is 6.53. The zero-order chi connectivity index (χ0) is 21.4. The molecule has 0 fully saturated rings. The summed E-state index contributed by atoms with van der Waals surface area (Å²) < 4.78 is 24.4. The SMILES string of the molecule is COc1cc(OC)cc(C(=O)Nc2c3c(nn2-c2cccc(C)c2C)CS(=O)C3)c1. The maximum Gasteiger partial charge on any atom is 0.257 e. The molecule has 1 amide bonds. The molecule has 156 valence electrons. The molecule has 3 aromatic rings. The molecule has 4 rings (SSSR count). The van der Waals surface area contributed by atoms with E-state index in [1.54, 1.807) is 22.9 Å². The summed E-state index contributed by atoms with van der Waals surface area (Å²) in [4.78, 5) is 13.1. The fourth-order valence-electron chi connectivity index (χ4n) is 3.51. The number of ether oxygens (including phenoxy) is 2. The Bertz CT molecular complexity index is 1150. The fourth-order valence-corrected chi connectivity index (χ4v) is 4.78. The Labute approximate surface area is 177 Å². The molecule has 1 aliphatic heterocycles. The summed E-state index contributed by atoms with van der Waals surface area (Å²) in [7, 11) is 2.06. The lowest BCUT2D eigenvalue weighted by Crippen LogP contribution is -2.17. The number of nitrogens with one attached hydrogen (secondary N) is 1. The van der Waals surface area contributed by atoms with Gasteiger partial charge in [0.15, 0.2) is 0 Å². The van der Waals surface area contributed by atoms with E-state index in [9.17, 15) is 9.00 Å². The third-order valence-electron chi connectivity index (χ3n) is 5.32. The van der Waals surface area contributed by atoms with Crippen LogP contribution in [0, 0.1) is 13.8 Å². The van der Waals surface area contributed by atoms with Crippen molar-refractivity contribution in [1.29, 1.82) is 0 Å². The van der Waals surface area contributed by atoms with Gasteiger partial charge in [0.25, 0.3) is 5.91 Å². The summed E-state index contributed by atoms with van der Waals surface area (Å²) in [6, 6.07) is 11.0. The highest BCUT2D eigenvalue weighted by molar-refractivity contribution is 7.83. The zero-order valence-electron chi connectivity index (χ0n) is 17.3. The molecule has 0 bridgehead atoms. The van der Waals surface area contributed by atoms with Gasteiger partial charge in [-0.1, -0.05) is 12.1 Å². The van der Waals surface area contributed by atoms with Gasteiger partial charge in [-0.25, -0.2) is 4.68 Å². The monoisotopic (exact) mass is 425 g/mol. The van der Waals surface area contributed by atoms with Crippen molar-refractivity contribution in [2.24, 2.45) is 0 Å². The van der Waals surface area contributed by atoms with Crippen LogP contribution >= 0.6 is 0 Å². The van der Waals surface area contributed by atoms with Crippen LogP contribution in [0.25, 0.3) is 5.69 Å². The molecule has 0 spiro atoms. The number of carbonyl (C=O) groups excluding carboxylic acids is 1. The molecule has 8 heteroatoms. The van der Waals surface area contributed by atoms with Crippen LogP contribution in [-0.4, -0.2) is 34.1 Å². The second-order valence-corrected chi connectivity index (χ2v) is 8.65. The van der Waals surface area contributed by atoms with E-state index in [1.807, 2.05) is 32.0 Å².